The van der Waals surface area contributed by atoms with E-state index in [0.29, 0.717) is 34.6 Å². The molecule has 58 heavy (non-hydrogen) atoms. The number of carbonyl (C=O) groups is 2. The molecule has 2 atom stereocenters. The summed E-state index contributed by atoms with van der Waals surface area (Å²) in [6.07, 6.45) is 3.70. The van der Waals surface area contributed by atoms with Gasteiger partial charge in [0.2, 0.25) is 0 Å². The second-order valence-corrected chi connectivity index (χ2v) is 19.2. The molecule has 8 heterocycles. The van der Waals surface area contributed by atoms with Gasteiger partial charge < -0.3 is 36.3 Å². The van der Waals surface area contributed by atoms with Crippen molar-refractivity contribution >= 4 is 11.9 Å². The number of rotatable bonds is 2. The van der Waals surface area contributed by atoms with Crippen molar-refractivity contribution in [1.82, 2.24) is 0 Å². The molecule has 10 nitrogen and oxygen atoms in total. The first kappa shape index (κ1) is 39.6. The second kappa shape index (κ2) is 12.2. The lowest BCUT2D eigenvalue weighted by molar-refractivity contribution is -0.142. The summed E-state index contributed by atoms with van der Waals surface area (Å²) >= 11 is 0. The molecule has 3 aliphatic heterocycles. The third-order valence-corrected chi connectivity index (χ3v) is 13.7. The molecule has 306 valence electrons. The van der Waals surface area contributed by atoms with E-state index in [2.05, 4.69) is 27.7 Å². The Morgan fingerprint density at radius 1 is 0.379 bits per heavy atom. The monoisotopic (exact) mass is 790 g/mol. The fourth-order valence-electron chi connectivity index (χ4n) is 9.11. The van der Waals surface area contributed by atoms with Gasteiger partial charge in [-0.05, 0) is 156 Å². The molecule has 0 aromatic carbocycles. The molecule has 0 saturated carbocycles. The van der Waals surface area contributed by atoms with Crippen molar-refractivity contribution in [2.75, 3.05) is 14.2 Å². The zero-order chi connectivity index (χ0) is 42.2. The van der Waals surface area contributed by atoms with Crippen LogP contribution in [-0.4, -0.2) is 37.4 Å². The van der Waals surface area contributed by atoms with Gasteiger partial charge in [-0.2, -0.15) is 0 Å². The lowest BCUT2D eigenvalue weighted by Crippen LogP contribution is -2.52. The smallest absolute Gasteiger partial charge is 0.337 e. The Bertz CT molecular complexity index is 2360. The zero-order valence-corrected chi connectivity index (χ0v) is 36.0. The van der Waals surface area contributed by atoms with Gasteiger partial charge >= 0.3 is 11.9 Å². The molecule has 2 unspecified atom stereocenters. The van der Waals surface area contributed by atoms with E-state index in [4.69, 9.17) is 36.3 Å². The second-order valence-electron chi connectivity index (χ2n) is 19.2. The number of furan rings is 5. The summed E-state index contributed by atoms with van der Waals surface area (Å²) in [7, 11) is 2.58. The normalized spacial score (nSPS) is 25.6. The summed E-state index contributed by atoms with van der Waals surface area (Å²) in [4.78, 5) is 28.2. The van der Waals surface area contributed by atoms with E-state index in [1.54, 1.807) is 0 Å². The van der Waals surface area contributed by atoms with Gasteiger partial charge in [-0.3, -0.25) is 0 Å². The number of carbonyl (C=O) groups excluding carboxylic acids is 2. The molecule has 3 aliphatic rings. The fourth-order valence-corrected chi connectivity index (χ4v) is 9.11. The van der Waals surface area contributed by atoms with Crippen molar-refractivity contribution in [3.63, 3.8) is 0 Å². The quantitative estimate of drug-likeness (QED) is 0.126. The van der Waals surface area contributed by atoms with E-state index < -0.39 is 55.6 Å². The summed E-state index contributed by atoms with van der Waals surface area (Å²) in [5, 5.41) is 0. The summed E-state index contributed by atoms with van der Waals surface area (Å²) in [5.74, 6) is 5.23. The molecule has 0 spiro atoms. The average molecular weight is 791 g/mol. The molecule has 0 amide bonds. The Balaban J connectivity index is 1.36. The fraction of sp³-hybridized carbons (Fsp3) is 0.458. The number of hydrogen-bond donors (Lipinski definition) is 0. The number of methoxy groups -OCH3 is 2. The van der Waals surface area contributed by atoms with Crippen LogP contribution in [0.2, 0.25) is 0 Å². The lowest BCUT2D eigenvalue weighted by Gasteiger charge is -2.43. The summed E-state index contributed by atoms with van der Waals surface area (Å²) < 4.78 is 51.7. The highest BCUT2D eigenvalue weighted by atomic mass is 16.6. The van der Waals surface area contributed by atoms with Gasteiger partial charge in [0.05, 0.1) is 57.9 Å². The van der Waals surface area contributed by atoms with Gasteiger partial charge in [0, 0.05) is 0 Å². The first-order chi connectivity index (χ1) is 26.9. The Labute approximate surface area is 339 Å². The average Bonchev–Trinajstić information content (AvgIpc) is 4.02. The van der Waals surface area contributed by atoms with E-state index in [1.165, 1.54) is 14.2 Å². The number of ether oxygens (including phenoxy) is 3. The summed E-state index contributed by atoms with van der Waals surface area (Å²) in [6.45, 7) is 24.2. The topological polar surface area (TPSA) is 128 Å². The van der Waals surface area contributed by atoms with Crippen molar-refractivity contribution in [3.05, 3.63) is 142 Å². The van der Waals surface area contributed by atoms with E-state index in [9.17, 15) is 9.59 Å². The Morgan fingerprint density at radius 3 is 0.810 bits per heavy atom. The van der Waals surface area contributed by atoms with E-state index in [1.807, 2.05) is 128 Å². The molecule has 0 fully saturated rings. The van der Waals surface area contributed by atoms with Gasteiger partial charge in [-0.1, -0.05) is 0 Å². The van der Waals surface area contributed by atoms with Crippen LogP contribution in [0.5, 0.6) is 0 Å². The predicted octanol–water partition coefficient (Wildman–Crippen LogP) is 10.2. The Hall–Kier alpha value is -5.22. The highest BCUT2D eigenvalue weighted by Gasteiger charge is 2.72. The van der Waals surface area contributed by atoms with Crippen molar-refractivity contribution in [3.8, 4) is 0 Å². The SMILES string of the molecule is COC(=O)C1=C(C(=O)OC)C23C=CC1(O2)C(C)(C)c1ccc(o1)C(C)(C)c1ccc(o1)C(C)(C)c1ccc(o1)C(C)(C)c1ccc(o1)C(C)(C)c1ccc(o1)C3(C)C. The Morgan fingerprint density at radius 2 is 0.586 bits per heavy atom. The van der Waals surface area contributed by atoms with Crippen molar-refractivity contribution in [2.45, 2.75) is 127 Å². The first-order valence-corrected chi connectivity index (χ1v) is 19.8. The zero-order valence-electron chi connectivity index (χ0n) is 36.0. The van der Waals surface area contributed by atoms with Gasteiger partial charge in [0.25, 0.3) is 0 Å². The van der Waals surface area contributed by atoms with E-state index in [-0.39, 0.29) is 11.1 Å². The summed E-state index contributed by atoms with van der Waals surface area (Å²) in [5.41, 5.74) is -7.83. The molecular weight excluding hydrogens is 737 g/mol. The molecule has 5 aromatic heterocycles. The van der Waals surface area contributed by atoms with Gasteiger partial charge in [0.15, 0.2) is 0 Å². The molecule has 0 radical (unpaired) electrons. The van der Waals surface area contributed by atoms with Crippen LogP contribution in [0.25, 0.3) is 0 Å². The maximum Gasteiger partial charge on any atom is 0.337 e. The molecule has 0 N–H and O–H groups in total. The molecule has 0 aliphatic carbocycles. The lowest BCUT2D eigenvalue weighted by atomic mass is 9.63. The van der Waals surface area contributed by atoms with Crippen LogP contribution in [0.4, 0.5) is 0 Å². The van der Waals surface area contributed by atoms with Crippen molar-refractivity contribution in [2.24, 2.45) is 0 Å². The molecule has 5 aromatic rings. The minimum Gasteiger partial charge on any atom is -0.466 e. The summed E-state index contributed by atoms with van der Waals surface area (Å²) in [6, 6.07) is 19.5. The van der Waals surface area contributed by atoms with Gasteiger partial charge in [-0.25, -0.2) is 9.59 Å². The number of esters is 2. The largest absolute Gasteiger partial charge is 0.466 e. The number of fused-ring (bicyclic) bond motifs is 10. The molecular formula is C48H54O10. The van der Waals surface area contributed by atoms with Crippen LogP contribution in [0.15, 0.2) is 106 Å². The third kappa shape index (κ3) is 4.99. The van der Waals surface area contributed by atoms with Crippen LogP contribution < -0.4 is 0 Å². The van der Waals surface area contributed by atoms with Crippen molar-refractivity contribution < 1.29 is 45.9 Å². The first-order valence-electron chi connectivity index (χ1n) is 19.8. The minimum absolute atomic E-state index is 0.0434. The van der Waals surface area contributed by atoms with Crippen LogP contribution in [0, 0.1) is 0 Å². The Kier molecular flexibility index (Phi) is 8.30. The predicted molar refractivity (Wildman–Crippen MR) is 215 cm³/mol. The van der Waals surface area contributed by atoms with Crippen LogP contribution in [-0.2, 0) is 56.3 Å². The van der Waals surface area contributed by atoms with Crippen LogP contribution in [0.3, 0.4) is 0 Å². The van der Waals surface area contributed by atoms with Gasteiger partial charge in [-0.15, -0.1) is 0 Å². The van der Waals surface area contributed by atoms with Crippen LogP contribution >= 0.6 is 0 Å². The minimum atomic E-state index is -1.52. The maximum atomic E-state index is 14.1. The number of hydrogen-bond acceptors (Lipinski definition) is 10. The third-order valence-electron chi connectivity index (χ3n) is 13.7. The highest BCUT2D eigenvalue weighted by molar-refractivity contribution is 6.06. The molecule has 10 heteroatoms. The molecule has 0 saturated heterocycles. The van der Waals surface area contributed by atoms with E-state index in [0.717, 1.165) is 23.0 Å². The van der Waals surface area contributed by atoms with E-state index >= 15 is 0 Å². The highest BCUT2D eigenvalue weighted by Crippen LogP contribution is 2.64. The van der Waals surface area contributed by atoms with Crippen molar-refractivity contribution in [1.29, 1.82) is 0 Å². The van der Waals surface area contributed by atoms with Gasteiger partial charge in [0.1, 0.15) is 68.8 Å². The molecule has 8 rings (SSSR count). The standard InChI is InChI=1S/C48H54O10/c1-41(2)27-15-16-28(53-27)42(3,4)30-18-20-32(55-30)44(7,8)34-22-24-36(57-34)46(11,12)48-26-25-47(58-48,37(39(49)51-13)38(48)40(50)52-14)45(9,10)35-23-21-33(56-35)43(5,6)31-19-17-29(41)54-31/h15-26H,1-14H3. The maximum absolute atomic E-state index is 14.1. The molecule has 12 bridgehead atoms. The van der Waals surface area contributed by atoms with Crippen LogP contribution in [0.1, 0.15) is 141 Å².